The molecule has 82 valence electrons. The van der Waals surface area contributed by atoms with Crippen LogP contribution in [0.25, 0.3) is 0 Å². The Hall–Kier alpha value is -1.81. The molecule has 4 heteroatoms. The summed E-state index contributed by atoms with van der Waals surface area (Å²) >= 11 is 0. The van der Waals surface area contributed by atoms with E-state index >= 15 is 0 Å². The van der Waals surface area contributed by atoms with E-state index in [9.17, 15) is 4.21 Å². The number of rotatable bonds is 2. The molecule has 0 heterocycles. The average Bonchev–Trinajstić information content (AvgIpc) is 2.30. The van der Waals surface area contributed by atoms with Gasteiger partial charge in [-0.15, -0.1) is 0 Å². The van der Waals surface area contributed by atoms with E-state index in [4.69, 9.17) is 10.5 Å². The summed E-state index contributed by atoms with van der Waals surface area (Å²) in [5.74, 6) is 0. The summed E-state index contributed by atoms with van der Waals surface area (Å²) in [5, 5.41) is 0. The lowest BCUT2D eigenvalue weighted by Crippen LogP contribution is -2.03. The zero-order chi connectivity index (χ0) is 11.6. The SMILES string of the molecule is N=S(=O)(c1ccccc1)c1ccccc1N. The van der Waals surface area contributed by atoms with Gasteiger partial charge in [0.15, 0.2) is 0 Å². The van der Waals surface area contributed by atoms with Crippen molar-refractivity contribution >= 4 is 15.4 Å². The van der Waals surface area contributed by atoms with Gasteiger partial charge in [0, 0.05) is 5.69 Å². The molecule has 0 amide bonds. The van der Waals surface area contributed by atoms with Gasteiger partial charge in [0.2, 0.25) is 0 Å². The van der Waals surface area contributed by atoms with Crippen molar-refractivity contribution in [3.05, 3.63) is 54.6 Å². The third-order valence-electron chi connectivity index (χ3n) is 2.30. The highest BCUT2D eigenvalue weighted by Crippen LogP contribution is 2.25. The second kappa shape index (κ2) is 3.98. The van der Waals surface area contributed by atoms with Crippen molar-refractivity contribution < 1.29 is 4.21 Å². The van der Waals surface area contributed by atoms with Gasteiger partial charge >= 0.3 is 0 Å². The van der Waals surface area contributed by atoms with Gasteiger partial charge in [-0.3, -0.25) is 0 Å². The summed E-state index contributed by atoms with van der Waals surface area (Å²) in [6.45, 7) is 0. The molecule has 0 aromatic heterocycles. The average molecular weight is 232 g/mol. The first-order valence-electron chi connectivity index (χ1n) is 4.81. The van der Waals surface area contributed by atoms with Crippen molar-refractivity contribution in [2.75, 3.05) is 5.73 Å². The van der Waals surface area contributed by atoms with Gasteiger partial charge in [-0.05, 0) is 24.3 Å². The number of nitrogens with two attached hydrogens (primary N) is 1. The monoisotopic (exact) mass is 232 g/mol. The molecular weight excluding hydrogens is 220 g/mol. The van der Waals surface area contributed by atoms with Crippen LogP contribution in [0, 0.1) is 4.78 Å². The van der Waals surface area contributed by atoms with Gasteiger partial charge in [0.1, 0.15) is 9.73 Å². The second-order valence-corrected chi connectivity index (χ2v) is 5.43. The molecule has 3 nitrogen and oxygen atoms in total. The van der Waals surface area contributed by atoms with Crippen LogP contribution in [0.4, 0.5) is 5.69 Å². The lowest BCUT2D eigenvalue weighted by atomic mass is 10.3. The van der Waals surface area contributed by atoms with Crippen molar-refractivity contribution in [2.24, 2.45) is 0 Å². The second-order valence-electron chi connectivity index (χ2n) is 3.41. The number of para-hydroxylation sites is 1. The smallest absolute Gasteiger partial charge is 0.103 e. The molecule has 1 unspecified atom stereocenters. The van der Waals surface area contributed by atoms with E-state index in [1.165, 1.54) is 0 Å². The fraction of sp³-hybridized carbons (Fsp3) is 0. The van der Waals surface area contributed by atoms with Crippen LogP contribution < -0.4 is 5.73 Å². The fourth-order valence-corrected chi connectivity index (χ4v) is 2.95. The summed E-state index contributed by atoms with van der Waals surface area (Å²) in [5.41, 5.74) is 6.14. The molecule has 2 rings (SSSR count). The minimum atomic E-state index is -2.99. The van der Waals surface area contributed by atoms with Crippen LogP contribution in [0.5, 0.6) is 0 Å². The molecule has 0 aliphatic heterocycles. The van der Waals surface area contributed by atoms with Crippen molar-refractivity contribution in [2.45, 2.75) is 9.79 Å². The summed E-state index contributed by atoms with van der Waals surface area (Å²) in [7, 11) is -2.99. The van der Waals surface area contributed by atoms with E-state index in [1.54, 1.807) is 48.5 Å². The molecule has 16 heavy (non-hydrogen) atoms. The van der Waals surface area contributed by atoms with Gasteiger partial charge in [-0.25, -0.2) is 8.99 Å². The maximum atomic E-state index is 12.4. The molecule has 0 saturated heterocycles. The van der Waals surface area contributed by atoms with E-state index in [0.29, 0.717) is 15.5 Å². The molecule has 2 aromatic rings. The van der Waals surface area contributed by atoms with Gasteiger partial charge in [0.25, 0.3) is 0 Å². The number of nitrogen functional groups attached to an aromatic ring is 1. The third-order valence-corrected chi connectivity index (χ3v) is 4.23. The van der Waals surface area contributed by atoms with Gasteiger partial charge < -0.3 is 5.73 Å². The predicted octanol–water partition coefficient (Wildman–Crippen LogP) is 2.73. The highest BCUT2D eigenvalue weighted by atomic mass is 32.2. The lowest BCUT2D eigenvalue weighted by Gasteiger charge is -2.09. The van der Waals surface area contributed by atoms with Crippen LogP contribution in [0.1, 0.15) is 0 Å². The Balaban J connectivity index is 2.62. The van der Waals surface area contributed by atoms with Gasteiger partial charge in [0.05, 0.1) is 9.79 Å². The zero-order valence-electron chi connectivity index (χ0n) is 8.59. The van der Waals surface area contributed by atoms with E-state index in [1.807, 2.05) is 6.07 Å². The topological polar surface area (TPSA) is 66.9 Å². The third kappa shape index (κ3) is 1.79. The molecule has 2 aromatic carbocycles. The van der Waals surface area contributed by atoms with Crippen LogP contribution in [-0.4, -0.2) is 4.21 Å². The number of anilines is 1. The molecule has 0 radical (unpaired) electrons. The van der Waals surface area contributed by atoms with E-state index < -0.39 is 9.73 Å². The van der Waals surface area contributed by atoms with Crippen molar-refractivity contribution in [3.63, 3.8) is 0 Å². The maximum absolute atomic E-state index is 12.4. The molecule has 0 aliphatic carbocycles. The fourth-order valence-electron chi connectivity index (χ4n) is 1.48. The zero-order valence-corrected chi connectivity index (χ0v) is 9.41. The largest absolute Gasteiger partial charge is 0.398 e. The molecular formula is C12H12N2OS. The Morgan fingerprint density at radius 2 is 1.50 bits per heavy atom. The van der Waals surface area contributed by atoms with Crippen LogP contribution in [-0.2, 0) is 9.73 Å². The van der Waals surface area contributed by atoms with Gasteiger partial charge in [-0.1, -0.05) is 30.3 Å². The van der Waals surface area contributed by atoms with Gasteiger partial charge in [-0.2, -0.15) is 0 Å². The molecule has 0 saturated carbocycles. The van der Waals surface area contributed by atoms with Crippen LogP contribution in [0.3, 0.4) is 0 Å². The Morgan fingerprint density at radius 3 is 2.12 bits per heavy atom. The Kier molecular flexibility index (Phi) is 2.66. The predicted molar refractivity (Wildman–Crippen MR) is 64.7 cm³/mol. The molecule has 3 N–H and O–H groups in total. The molecule has 0 bridgehead atoms. The minimum absolute atomic E-state index is 0.376. The maximum Gasteiger partial charge on any atom is 0.103 e. The summed E-state index contributed by atoms with van der Waals surface area (Å²) < 4.78 is 20.4. The molecule has 0 spiro atoms. The van der Waals surface area contributed by atoms with Crippen molar-refractivity contribution in [1.29, 1.82) is 4.78 Å². The lowest BCUT2D eigenvalue weighted by molar-refractivity contribution is 0.675. The summed E-state index contributed by atoms with van der Waals surface area (Å²) in [6.07, 6.45) is 0. The first kappa shape index (κ1) is 10.7. The highest BCUT2D eigenvalue weighted by molar-refractivity contribution is 7.92. The van der Waals surface area contributed by atoms with Crippen LogP contribution in [0.2, 0.25) is 0 Å². The number of nitrogens with one attached hydrogen (secondary N) is 1. The number of hydrogen-bond donors (Lipinski definition) is 2. The standard InChI is InChI=1S/C12H12N2OS/c13-11-8-4-5-9-12(11)16(14,15)10-6-2-1-3-7-10/h1-9,14H,13H2. The van der Waals surface area contributed by atoms with Crippen LogP contribution >= 0.6 is 0 Å². The van der Waals surface area contributed by atoms with E-state index in [0.717, 1.165) is 0 Å². The van der Waals surface area contributed by atoms with E-state index in [2.05, 4.69) is 0 Å². The Bertz CT molecular complexity index is 591. The normalized spacial score (nSPS) is 14.2. The van der Waals surface area contributed by atoms with Crippen LogP contribution in [0.15, 0.2) is 64.4 Å². The van der Waals surface area contributed by atoms with Crippen molar-refractivity contribution in [1.82, 2.24) is 0 Å². The minimum Gasteiger partial charge on any atom is -0.398 e. The Labute approximate surface area is 94.9 Å². The number of hydrogen-bond acceptors (Lipinski definition) is 3. The van der Waals surface area contributed by atoms with E-state index in [-0.39, 0.29) is 0 Å². The summed E-state index contributed by atoms with van der Waals surface area (Å²) in [6, 6.07) is 15.5. The Morgan fingerprint density at radius 1 is 0.938 bits per heavy atom. The first-order valence-corrected chi connectivity index (χ1v) is 6.36. The van der Waals surface area contributed by atoms with Crippen molar-refractivity contribution in [3.8, 4) is 0 Å². The molecule has 1 atom stereocenters. The molecule has 0 aliphatic rings. The quantitative estimate of drug-likeness (QED) is 0.782. The summed E-state index contributed by atoms with van der Waals surface area (Å²) in [4.78, 5) is 0.856. The molecule has 0 fully saturated rings. The highest BCUT2D eigenvalue weighted by Gasteiger charge is 2.15. The number of benzene rings is 2. The first-order chi connectivity index (χ1) is 7.62.